The number of aromatic nitrogens is 2. The molecule has 0 saturated carbocycles. The van der Waals surface area contributed by atoms with Crippen molar-refractivity contribution in [1.29, 1.82) is 0 Å². The molecule has 2 aromatic carbocycles. The number of hydrogen-bond acceptors (Lipinski definition) is 4. The summed E-state index contributed by atoms with van der Waals surface area (Å²) >= 11 is 0. The third-order valence-corrected chi connectivity index (χ3v) is 4.74. The Morgan fingerprint density at radius 3 is 2.77 bits per heavy atom. The summed E-state index contributed by atoms with van der Waals surface area (Å²) in [5.41, 5.74) is 4.48. The molecule has 1 atom stereocenters. The molecule has 1 aliphatic rings. The van der Waals surface area contributed by atoms with E-state index in [2.05, 4.69) is 23.4 Å². The van der Waals surface area contributed by atoms with Crippen molar-refractivity contribution in [2.75, 3.05) is 19.5 Å². The van der Waals surface area contributed by atoms with Gasteiger partial charge in [-0.1, -0.05) is 18.2 Å². The predicted octanol–water partition coefficient (Wildman–Crippen LogP) is 3.39. The Morgan fingerprint density at radius 2 is 2.00 bits per heavy atom. The number of carbonyl (C=O) groups is 1. The highest BCUT2D eigenvalue weighted by atomic mass is 16.5. The van der Waals surface area contributed by atoms with Crippen LogP contribution in [-0.2, 0) is 0 Å². The monoisotopic (exact) mass is 348 g/mol. The molecule has 2 heterocycles. The maximum atomic E-state index is 12.8. The van der Waals surface area contributed by atoms with E-state index in [9.17, 15) is 4.79 Å². The second-order valence-corrected chi connectivity index (χ2v) is 6.38. The molecular weight excluding hydrogens is 328 g/mol. The molecule has 0 bridgehead atoms. The van der Waals surface area contributed by atoms with E-state index in [4.69, 9.17) is 4.74 Å². The van der Waals surface area contributed by atoms with E-state index in [1.807, 2.05) is 41.2 Å². The number of rotatable bonds is 3. The number of nitrogens with one attached hydrogen (secondary N) is 1. The topological polar surface area (TPSA) is 59.4 Å². The lowest BCUT2D eigenvalue weighted by atomic mass is 10.1. The van der Waals surface area contributed by atoms with Gasteiger partial charge in [-0.25, -0.2) is 4.68 Å². The summed E-state index contributed by atoms with van der Waals surface area (Å²) in [6.45, 7) is 2.05. The van der Waals surface area contributed by atoms with Crippen molar-refractivity contribution < 1.29 is 9.53 Å². The van der Waals surface area contributed by atoms with Crippen LogP contribution < -0.4 is 10.1 Å². The fourth-order valence-corrected chi connectivity index (χ4v) is 3.24. The molecule has 1 amide bonds. The standard InChI is InChI=1S/C20H20N4O2/c1-13-6-4-5-7-18(13)24-12-14(11-21-24)19-22-17-9-8-15(26-3)10-16(17)20(25)23(19)2/h4-12,19,22H,1-3H3. The molecular formula is C20H20N4O2. The molecule has 1 unspecified atom stereocenters. The van der Waals surface area contributed by atoms with Crippen LogP contribution in [0.3, 0.4) is 0 Å². The molecule has 0 saturated heterocycles. The maximum Gasteiger partial charge on any atom is 0.257 e. The van der Waals surface area contributed by atoms with Gasteiger partial charge < -0.3 is 15.0 Å². The first-order valence-corrected chi connectivity index (χ1v) is 8.41. The van der Waals surface area contributed by atoms with Gasteiger partial charge in [0.25, 0.3) is 5.91 Å². The summed E-state index contributed by atoms with van der Waals surface area (Å²) in [6.07, 6.45) is 3.47. The highest BCUT2D eigenvalue weighted by molar-refractivity contribution is 6.02. The zero-order valence-corrected chi connectivity index (χ0v) is 14.9. The Morgan fingerprint density at radius 1 is 1.19 bits per heavy atom. The van der Waals surface area contributed by atoms with E-state index >= 15 is 0 Å². The summed E-state index contributed by atoms with van der Waals surface area (Å²) < 4.78 is 7.07. The average Bonchev–Trinajstić information content (AvgIpc) is 3.14. The minimum atomic E-state index is -0.277. The van der Waals surface area contributed by atoms with Gasteiger partial charge >= 0.3 is 0 Å². The van der Waals surface area contributed by atoms with E-state index in [0.717, 1.165) is 22.5 Å². The van der Waals surface area contributed by atoms with E-state index < -0.39 is 0 Å². The maximum absolute atomic E-state index is 12.8. The zero-order valence-electron chi connectivity index (χ0n) is 14.9. The van der Waals surface area contributed by atoms with Crippen LogP contribution >= 0.6 is 0 Å². The normalized spacial score (nSPS) is 16.2. The Labute approximate surface area is 152 Å². The van der Waals surface area contributed by atoms with Crippen LogP contribution in [0.25, 0.3) is 5.69 Å². The van der Waals surface area contributed by atoms with E-state index in [-0.39, 0.29) is 12.1 Å². The molecule has 1 aromatic heterocycles. The van der Waals surface area contributed by atoms with Crippen molar-refractivity contribution in [2.24, 2.45) is 0 Å². The minimum Gasteiger partial charge on any atom is -0.497 e. The second kappa shape index (κ2) is 6.22. The van der Waals surface area contributed by atoms with Crippen LogP contribution in [-0.4, -0.2) is 34.7 Å². The van der Waals surface area contributed by atoms with Gasteiger partial charge in [0.05, 0.1) is 24.6 Å². The molecule has 4 rings (SSSR count). The fourth-order valence-electron chi connectivity index (χ4n) is 3.24. The Bertz CT molecular complexity index is 979. The minimum absolute atomic E-state index is 0.0497. The summed E-state index contributed by atoms with van der Waals surface area (Å²) in [4.78, 5) is 14.5. The highest BCUT2D eigenvalue weighted by Crippen LogP contribution is 2.34. The number of nitrogens with zero attached hydrogens (tertiary/aromatic N) is 3. The SMILES string of the molecule is COc1ccc2c(c1)C(=O)N(C)C(c1cnn(-c3ccccc3C)c1)N2. The van der Waals surface area contributed by atoms with E-state index in [1.165, 1.54) is 0 Å². The zero-order chi connectivity index (χ0) is 18.3. The number of benzene rings is 2. The van der Waals surface area contributed by atoms with Gasteiger partial charge in [0.15, 0.2) is 0 Å². The predicted molar refractivity (Wildman–Crippen MR) is 99.8 cm³/mol. The third-order valence-electron chi connectivity index (χ3n) is 4.74. The second-order valence-electron chi connectivity index (χ2n) is 6.38. The van der Waals surface area contributed by atoms with Crippen molar-refractivity contribution >= 4 is 11.6 Å². The summed E-state index contributed by atoms with van der Waals surface area (Å²) in [5, 5.41) is 7.90. The molecule has 0 radical (unpaired) electrons. The largest absolute Gasteiger partial charge is 0.497 e. The average molecular weight is 348 g/mol. The lowest BCUT2D eigenvalue weighted by Gasteiger charge is -2.34. The molecule has 1 N–H and O–H groups in total. The first-order valence-electron chi connectivity index (χ1n) is 8.41. The molecule has 0 spiro atoms. The van der Waals surface area contributed by atoms with Gasteiger partial charge in [0.1, 0.15) is 11.9 Å². The Balaban J connectivity index is 1.69. The number of para-hydroxylation sites is 1. The quantitative estimate of drug-likeness (QED) is 0.788. The lowest BCUT2D eigenvalue weighted by Crippen LogP contribution is -2.40. The molecule has 3 aromatic rings. The fraction of sp³-hybridized carbons (Fsp3) is 0.200. The molecule has 0 aliphatic carbocycles. The van der Waals surface area contributed by atoms with Crippen LogP contribution in [0.4, 0.5) is 5.69 Å². The van der Waals surface area contributed by atoms with Gasteiger partial charge in [0.2, 0.25) is 0 Å². The van der Waals surface area contributed by atoms with Gasteiger partial charge in [-0.3, -0.25) is 4.79 Å². The van der Waals surface area contributed by atoms with Crippen LogP contribution in [0.5, 0.6) is 5.75 Å². The van der Waals surface area contributed by atoms with Crippen LogP contribution in [0.15, 0.2) is 54.9 Å². The molecule has 132 valence electrons. The number of amides is 1. The van der Waals surface area contributed by atoms with Gasteiger partial charge in [-0.15, -0.1) is 0 Å². The number of fused-ring (bicyclic) bond motifs is 1. The highest BCUT2D eigenvalue weighted by Gasteiger charge is 2.31. The third kappa shape index (κ3) is 2.60. The van der Waals surface area contributed by atoms with Gasteiger partial charge in [-0.05, 0) is 36.8 Å². The number of hydrogen-bond donors (Lipinski definition) is 1. The van der Waals surface area contributed by atoms with E-state index in [1.54, 1.807) is 31.3 Å². The van der Waals surface area contributed by atoms with E-state index in [0.29, 0.717) is 11.3 Å². The lowest BCUT2D eigenvalue weighted by molar-refractivity contribution is 0.0735. The van der Waals surface area contributed by atoms with Crippen molar-refractivity contribution in [3.63, 3.8) is 0 Å². The van der Waals surface area contributed by atoms with Crippen LogP contribution in [0.2, 0.25) is 0 Å². The molecule has 6 nitrogen and oxygen atoms in total. The smallest absolute Gasteiger partial charge is 0.257 e. The number of ether oxygens (including phenoxy) is 1. The number of aryl methyl sites for hydroxylation is 1. The Kier molecular flexibility index (Phi) is 3.88. The van der Waals surface area contributed by atoms with Crippen molar-refractivity contribution in [3.05, 3.63) is 71.5 Å². The molecule has 1 aliphatic heterocycles. The number of methoxy groups -OCH3 is 1. The Hall–Kier alpha value is -3.28. The van der Waals surface area contributed by atoms with Crippen molar-refractivity contribution in [2.45, 2.75) is 13.1 Å². The molecule has 26 heavy (non-hydrogen) atoms. The first kappa shape index (κ1) is 16.2. The van der Waals surface area contributed by atoms with Gasteiger partial charge in [-0.2, -0.15) is 5.10 Å². The van der Waals surface area contributed by atoms with Crippen molar-refractivity contribution in [1.82, 2.24) is 14.7 Å². The summed E-state index contributed by atoms with van der Waals surface area (Å²) in [5.74, 6) is 0.615. The first-order chi connectivity index (χ1) is 12.6. The van der Waals surface area contributed by atoms with Crippen LogP contribution in [0, 0.1) is 6.92 Å². The molecule has 6 heteroatoms. The number of anilines is 1. The number of carbonyl (C=O) groups excluding carboxylic acids is 1. The summed E-state index contributed by atoms with van der Waals surface area (Å²) in [7, 11) is 3.38. The molecule has 0 fully saturated rings. The van der Waals surface area contributed by atoms with Gasteiger partial charge in [0, 0.05) is 24.5 Å². The van der Waals surface area contributed by atoms with Crippen LogP contribution in [0.1, 0.15) is 27.7 Å². The summed E-state index contributed by atoms with van der Waals surface area (Å²) in [6, 6.07) is 13.5. The van der Waals surface area contributed by atoms with Crippen molar-refractivity contribution in [3.8, 4) is 11.4 Å².